The zero-order chi connectivity index (χ0) is 20.3. The first-order valence-electron chi connectivity index (χ1n) is 8.01. The molecule has 0 bridgehead atoms. The van der Waals surface area contributed by atoms with Crippen LogP contribution in [0.25, 0.3) is 6.08 Å². The fourth-order valence-corrected chi connectivity index (χ4v) is 3.16. The Morgan fingerprint density at radius 2 is 1.82 bits per heavy atom. The molecule has 1 aliphatic heterocycles. The van der Waals surface area contributed by atoms with Crippen LogP contribution < -0.4 is 20.1 Å². The Hall–Kier alpha value is -2.61. The van der Waals surface area contributed by atoms with Gasteiger partial charge >= 0.3 is 0 Å². The van der Waals surface area contributed by atoms with Crippen molar-refractivity contribution in [3.63, 3.8) is 0 Å². The number of carbonyl (C=O) groups excluding carboxylic acids is 2. The first-order valence-corrected chi connectivity index (χ1v) is 9.17. The normalized spacial score (nSPS) is 13.7. The lowest BCUT2D eigenvalue weighted by molar-refractivity contribution is -0.123. The highest BCUT2D eigenvalue weighted by Crippen LogP contribution is 2.34. The van der Waals surface area contributed by atoms with Crippen LogP contribution in [-0.2, 0) is 16.2 Å². The van der Waals surface area contributed by atoms with Gasteiger partial charge in [-0.15, -0.1) is 0 Å². The summed E-state index contributed by atoms with van der Waals surface area (Å²) in [5.41, 5.74) is 1.10. The molecule has 0 spiro atoms. The number of benzene rings is 2. The summed E-state index contributed by atoms with van der Waals surface area (Å²) in [5.74, 6) is -0.393. The highest BCUT2D eigenvalue weighted by Gasteiger charge is 2.26. The Morgan fingerprint density at radius 3 is 2.46 bits per heavy atom. The number of methoxy groups -OCH3 is 1. The number of thiocarbonyl (C=S) groups is 1. The summed E-state index contributed by atoms with van der Waals surface area (Å²) in [7, 11) is 1.49. The minimum absolute atomic E-state index is 0.0355. The molecule has 0 unspecified atom stereocenters. The van der Waals surface area contributed by atoms with Gasteiger partial charge in [0.2, 0.25) is 0 Å². The van der Waals surface area contributed by atoms with Crippen LogP contribution in [0.3, 0.4) is 0 Å². The van der Waals surface area contributed by atoms with Crippen molar-refractivity contribution in [1.82, 2.24) is 10.6 Å². The van der Waals surface area contributed by atoms with E-state index in [-0.39, 0.29) is 17.3 Å². The van der Waals surface area contributed by atoms with E-state index in [0.29, 0.717) is 32.7 Å². The molecule has 1 saturated heterocycles. The molecule has 1 fully saturated rings. The van der Waals surface area contributed by atoms with Crippen LogP contribution in [0, 0.1) is 0 Å². The largest absolute Gasteiger partial charge is 0.493 e. The van der Waals surface area contributed by atoms with Crippen molar-refractivity contribution in [2.75, 3.05) is 7.11 Å². The summed E-state index contributed by atoms with van der Waals surface area (Å²) in [6, 6.07) is 10.2. The molecule has 1 heterocycles. The van der Waals surface area contributed by atoms with E-state index < -0.39 is 11.8 Å². The van der Waals surface area contributed by atoms with E-state index in [1.54, 1.807) is 36.4 Å². The van der Waals surface area contributed by atoms with E-state index in [4.69, 9.17) is 44.9 Å². The lowest BCUT2D eigenvalue weighted by atomic mass is 10.1. The molecule has 0 saturated carbocycles. The molecule has 0 aliphatic carbocycles. The summed E-state index contributed by atoms with van der Waals surface area (Å²) in [6.07, 6.45) is 1.41. The molecule has 0 aromatic heterocycles. The number of nitrogens with one attached hydrogen (secondary N) is 2. The molecule has 2 amide bonds. The SMILES string of the molecule is COc1cccc(C=C2C(=O)NC(=S)NC2=O)c1OCc1ccc(Cl)cc1Cl. The molecule has 28 heavy (non-hydrogen) atoms. The molecule has 2 N–H and O–H groups in total. The van der Waals surface area contributed by atoms with Gasteiger partial charge in [-0.25, -0.2) is 0 Å². The molecule has 0 atom stereocenters. The van der Waals surface area contributed by atoms with Crippen LogP contribution in [0.4, 0.5) is 0 Å². The van der Waals surface area contributed by atoms with Gasteiger partial charge in [-0.05, 0) is 36.5 Å². The number of ether oxygens (including phenoxy) is 2. The first kappa shape index (κ1) is 20.1. The van der Waals surface area contributed by atoms with Crippen molar-refractivity contribution < 1.29 is 19.1 Å². The number of halogens is 2. The van der Waals surface area contributed by atoms with Crippen LogP contribution in [0.1, 0.15) is 11.1 Å². The summed E-state index contributed by atoms with van der Waals surface area (Å²) in [4.78, 5) is 24.2. The maximum Gasteiger partial charge on any atom is 0.263 e. The molecule has 2 aromatic rings. The predicted molar refractivity (Wildman–Crippen MR) is 111 cm³/mol. The van der Waals surface area contributed by atoms with Gasteiger partial charge in [0.1, 0.15) is 12.2 Å². The standard InChI is InChI=1S/C19H14Cl2N2O4S/c1-26-15-4-2-3-10(7-13-17(24)22-19(28)23-18(13)25)16(15)27-9-11-5-6-12(20)8-14(11)21/h2-8H,9H2,1H3,(H2,22,23,24,25,28). The zero-order valence-corrected chi connectivity index (χ0v) is 16.9. The smallest absolute Gasteiger partial charge is 0.263 e. The van der Waals surface area contributed by atoms with Crippen LogP contribution in [-0.4, -0.2) is 24.0 Å². The lowest BCUT2D eigenvalue weighted by Gasteiger charge is -2.18. The van der Waals surface area contributed by atoms with Gasteiger partial charge in [-0.2, -0.15) is 0 Å². The van der Waals surface area contributed by atoms with Gasteiger partial charge in [0.15, 0.2) is 16.6 Å². The minimum atomic E-state index is -0.594. The molecule has 9 heteroatoms. The van der Waals surface area contributed by atoms with Crippen molar-refractivity contribution in [2.45, 2.75) is 6.61 Å². The van der Waals surface area contributed by atoms with Crippen LogP contribution in [0.5, 0.6) is 11.5 Å². The molecule has 2 aromatic carbocycles. The van der Waals surface area contributed by atoms with Crippen LogP contribution in [0.2, 0.25) is 10.0 Å². The van der Waals surface area contributed by atoms with Gasteiger partial charge in [0.25, 0.3) is 11.8 Å². The summed E-state index contributed by atoms with van der Waals surface area (Å²) in [6.45, 7) is 0.134. The van der Waals surface area contributed by atoms with Gasteiger partial charge in [-0.1, -0.05) is 41.4 Å². The van der Waals surface area contributed by atoms with Crippen molar-refractivity contribution in [3.05, 3.63) is 63.1 Å². The van der Waals surface area contributed by atoms with Crippen molar-refractivity contribution in [2.24, 2.45) is 0 Å². The second-order valence-electron chi connectivity index (χ2n) is 5.70. The second-order valence-corrected chi connectivity index (χ2v) is 6.95. The van der Waals surface area contributed by atoms with E-state index in [9.17, 15) is 9.59 Å². The van der Waals surface area contributed by atoms with Gasteiger partial charge in [-0.3, -0.25) is 20.2 Å². The van der Waals surface area contributed by atoms with Crippen molar-refractivity contribution in [1.29, 1.82) is 0 Å². The van der Waals surface area contributed by atoms with E-state index in [1.165, 1.54) is 13.2 Å². The molecule has 6 nitrogen and oxygen atoms in total. The quantitative estimate of drug-likeness (QED) is 0.426. The number of amides is 2. The zero-order valence-electron chi connectivity index (χ0n) is 14.5. The Morgan fingerprint density at radius 1 is 1.11 bits per heavy atom. The van der Waals surface area contributed by atoms with Crippen molar-refractivity contribution >= 4 is 58.4 Å². The summed E-state index contributed by atoms with van der Waals surface area (Å²) in [5, 5.41) is 5.72. The van der Waals surface area contributed by atoms with Crippen LogP contribution >= 0.6 is 35.4 Å². The van der Waals surface area contributed by atoms with E-state index >= 15 is 0 Å². The third-order valence-electron chi connectivity index (χ3n) is 3.86. The fourth-order valence-electron chi connectivity index (χ4n) is 2.51. The van der Waals surface area contributed by atoms with Crippen LogP contribution in [0.15, 0.2) is 42.0 Å². The molecule has 0 radical (unpaired) electrons. The second kappa shape index (κ2) is 8.60. The van der Waals surface area contributed by atoms with Gasteiger partial charge < -0.3 is 9.47 Å². The molecular weight excluding hydrogens is 423 g/mol. The number of para-hydroxylation sites is 1. The summed E-state index contributed by atoms with van der Waals surface area (Å²) >= 11 is 16.9. The number of carbonyl (C=O) groups is 2. The van der Waals surface area contributed by atoms with E-state index in [0.717, 1.165) is 0 Å². The highest BCUT2D eigenvalue weighted by atomic mass is 35.5. The molecule has 1 aliphatic rings. The molecule has 144 valence electrons. The van der Waals surface area contributed by atoms with Gasteiger partial charge in [0, 0.05) is 21.2 Å². The summed E-state index contributed by atoms with van der Waals surface area (Å²) < 4.78 is 11.3. The third-order valence-corrected chi connectivity index (χ3v) is 4.65. The van der Waals surface area contributed by atoms with Gasteiger partial charge in [0.05, 0.1) is 7.11 Å². The van der Waals surface area contributed by atoms with E-state index in [1.807, 2.05) is 0 Å². The Bertz CT molecular complexity index is 985. The number of hydrogen-bond donors (Lipinski definition) is 2. The Kier molecular flexibility index (Phi) is 6.18. The maximum atomic E-state index is 12.1. The highest BCUT2D eigenvalue weighted by molar-refractivity contribution is 7.80. The number of rotatable bonds is 5. The average Bonchev–Trinajstić information content (AvgIpc) is 2.64. The molecule has 3 rings (SSSR count). The van der Waals surface area contributed by atoms with Crippen molar-refractivity contribution in [3.8, 4) is 11.5 Å². The Balaban J connectivity index is 1.95. The predicted octanol–water partition coefficient (Wildman–Crippen LogP) is 3.50. The third kappa shape index (κ3) is 4.44. The minimum Gasteiger partial charge on any atom is -0.493 e. The monoisotopic (exact) mass is 436 g/mol. The fraction of sp³-hybridized carbons (Fsp3) is 0.105. The first-order chi connectivity index (χ1) is 13.4. The van der Waals surface area contributed by atoms with E-state index in [2.05, 4.69) is 10.6 Å². The lowest BCUT2D eigenvalue weighted by Crippen LogP contribution is -2.51. The number of hydrogen-bond acceptors (Lipinski definition) is 5. The molecular formula is C19H14Cl2N2O4S. The Labute approximate surface area is 176 Å². The maximum absolute atomic E-state index is 12.1. The topological polar surface area (TPSA) is 76.7 Å². The average molecular weight is 437 g/mol.